The summed E-state index contributed by atoms with van der Waals surface area (Å²) in [6, 6.07) is 10.5. The lowest BCUT2D eigenvalue weighted by Crippen LogP contribution is -2.38. The highest BCUT2D eigenvalue weighted by molar-refractivity contribution is 8.00. The van der Waals surface area contributed by atoms with Crippen LogP contribution in [0.3, 0.4) is 0 Å². The highest BCUT2D eigenvalue weighted by Gasteiger charge is 2.32. The Balaban J connectivity index is 1.16. The number of carbonyl (C=O) groups is 1. The third kappa shape index (κ3) is 4.90. The first kappa shape index (κ1) is 22.5. The third-order valence-corrected chi connectivity index (χ3v) is 7.82. The molecule has 1 aliphatic heterocycles. The molecule has 3 heterocycles. The van der Waals surface area contributed by atoms with Crippen LogP contribution >= 0.6 is 11.8 Å². The van der Waals surface area contributed by atoms with E-state index >= 15 is 0 Å². The molecule has 9 nitrogen and oxygen atoms in total. The molecule has 0 spiro atoms. The maximum atomic E-state index is 12.8. The van der Waals surface area contributed by atoms with Gasteiger partial charge in [0, 0.05) is 37.6 Å². The standard InChI is InChI=1S/C25H28N6O3S/c32-19(26-17-10-11-30(13-17)12-15-4-2-1-3-5-15)14-35-24-20-22(27-21(28-24)16-6-7-16)31(18-8-9-18)25(34)29-23(20)33/h1-5,16-18H,6-14H2,(H,26,32)(H,29,33,34)/t17-/m0/s1. The monoisotopic (exact) mass is 492 g/mol. The van der Waals surface area contributed by atoms with E-state index in [0.717, 1.165) is 51.7 Å². The topological polar surface area (TPSA) is 113 Å². The maximum absolute atomic E-state index is 12.8. The molecule has 3 aromatic rings. The van der Waals surface area contributed by atoms with Crippen molar-refractivity contribution in [3.63, 3.8) is 0 Å². The summed E-state index contributed by atoms with van der Waals surface area (Å²) < 4.78 is 1.61. The number of fused-ring (bicyclic) bond motifs is 1. The lowest BCUT2D eigenvalue weighted by atomic mass is 10.2. The fraction of sp³-hybridized carbons (Fsp3) is 0.480. The van der Waals surface area contributed by atoms with Gasteiger partial charge in [-0.25, -0.2) is 14.8 Å². The Hall–Kier alpha value is -2.98. The number of hydrogen-bond donors (Lipinski definition) is 2. The maximum Gasteiger partial charge on any atom is 0.330 e. The summed E-state index contributed by atoms with van der Waals surface area (Å²) in [6.07, 6.45) is 4.73. The number of nitrogens with zero attached hydrogens (tertiary/aromatic N) is 4. The number of benzene rings is 1. The molecule has 182 valence electrons. The average Bonchev–Trinajstić information content (AvgIpc) is 3.77. The van der Waals surface area contributed by atoms with Gasteiger partial charge >= 0.3 is 5.69 Å². The van der Waals surface area contributed by atoms with Crippen molar-refractivity contribution in [2.75, 3.05) is 18.8 Å². The molecule has 0 radical (unpaired) electrons. The van der Waals surface area contributed by atoms with Crippen LogP contribution in [0.5, 0.6) is 0 Å². The Kier molecular flexibility index (Phi) is 5.93. The number of carbonyl (C=O) groups excluding carboxylic acids is 1. The van der Waals surface area contributed by atoms with Crippen molar-refractivity contribution in [3.05, 3.63) is 62.6 Å². The van der Waals surface area contributed by atoms with E-state index in [1.165, 1.54) is 17.3 Å². The van der Waals surface area contributed by atoms with Crippen LogP contribution in [0, 0.1) is 0 Å². The molecule has 2 aromatic heterocycles. The van der Waals surface area contributed by atoms with Gasteiger partial charge in [-0.05, 0) is 37.7 Å². The van der Waals surface area contributed by atoms with Crippen molar-refractivity contribution in [1.29, 1.82) is 0 Å². The first-order valence-corrected chi connectivity index (χ1v) is 13.3. The highest BCUT2D eigenvalue weighted by atomic mass is 32.2. The molecule has 1 atom stereocenters. The molecule has 1 aromatic carbocycles. The summed E-state index contributed by atoms with van der Waals surface area (Å²) in [7, 11) is 0. The van der Waals surface area contributed by atoms with Crippen LogP contribution < -0.4 is 16.6 Å². The molecule has 1 amide bonds. The van der Waals surface area contributed by atoms with Crippen molar-refractivity contribution >= 4 is 28.7 Å². The summed E-state index contributed by atoms with van der Waals surface area (Å²) >= 11 is 1.25. The Morgan fingerprint density at radius 3 is 2.63 bits per heavy atom. The van der Waals surface area contributed by atoms with E-state index in [0.29, 0.717) is 21.9 Å². The van der Waals surface area contributed by atoms with E-state index in [4.69, 9.17) is 0 Å². The lowest BCUT2D eigenvalue weighted by molar-refractivity contribution is -0.119. The second-order valence-corrected chi connectivity index (χ2v) is 10.7. The predicted octanol–water partition coefficient (Wildman–Crippen LogP) is 2.17. The third-order valence-electron chi connectivity index (χ3n) is 6.85. The number of H-pyrrole nitrogens is 1. The van der Waals surface area contributed by atoms with Crippen molar-refractivity contribution in [2.24, 2.45) is 0 Å². The van der Waals surface area contributed by atoms with Gasteiger partial charge in [0.1, 0.15) is 16.2 Å². The van der Waals surface area contributed by atoms with Gasteiger partial charge in [0.25, 0.3) is 5.56 Å². The molecular formula is C25H28N6O3S. The van der Waals surface area contributed by atoms with E-state index in [2.05, 4.69) is 37.3 Å². The van der Waals surface area contributed by atoms with Gasteiger partial charge in [-0.1, -0.05) is 42.1 Å². The second-order valence-electron chi connectivity index (χ2n) is 9.78. The number of rotatable bonds is 8. The smallest absolute Gasteiger partial charge is 0.330 e. The minimum atomic E-state index is -0.487. The van der Waals surface area contributed by atoms with Crippen molar-refractivity contribution in [3.8, 4) is 0 Å². The molecule has 1 saturated heterocycles. The quantitative estimate of drug-likeness (QED) is 0.366. The van der Waals surface area contributed by atoms with E-state index in [9.17, 15) is 14.4 Å². The zero-order valence-electron chi connectivity index (χ0n) is 19.4. The van der Waals surface area contributed by atoms with E-state index < -0.39 is 11.2 Å². The highest BCUT2D eigenvalue weighted by Crippen LogP contribution is 2.40. The zero-order valence-corrected chi connectivity index (χ0v) is 20.2. The van der Waals surface area contributed by atoms with Crippen LogP contribution in [-0.2, 0) is 11.3 Å². The minimum absolute atomic E-state index is 0.0751. The summed E-state index contributed by atoms with van der Waals surface area (Å²) in [5, 5.41) is 3.94. The molecule has 2 saturated carbocycles. The fourth-order valence-electron chi connectivity index (χ4n) is 4.77. The summed E-state index contributed by atoms with van der Waals surface area (Å²) in [6.45, 7) is 2.65. The van der Waals surface area contributed by atoms with E-state index in [1.54, 1.807) is 4.57 Å². The fourth-order valence-corrected chi connectivity index (χ4v) is 5.61. The molecule has 3 aliphatic rings. The van der Waals surface area contributed by atoms with Crippen LogP contribution in [-0.4, -0.2) is 55.2 Å². The van der Waals surface area contributed by atoms with Gasteiger partial charge in [-0.2, -0.15) is 0 Å². The SMILES string of the molecule is O=C(CSc1nc(C2CC2)nc2c1c(=O)[nH]c(=O)n2C1CC1)N[C@H]1CCN(Cc2ccccc2)C1. The van der Waals surface area contributed by atoms with Gasteiger partial charge < -0.3 is 5.32 Å². The number of thioether (sulfide) groups is 1. The van der Waals surface area contributed by atoms with Crippen molar-refractivity contribution in [1.82, 2.24) is 29.7 Å². The predicted molar refractivity (Wildman–Crippen MR) is 134 cm³/mol. The first-order valence-electron chi connectivity index (χ1n) is 12.3. The molecule has 10 heteroatoms. The summed E-state index contributed by atoms with van der Waals surface area (Å²) in [4.78, 5) is 52.2. The normalized spacial score (nSPS) is 20.4. The lowest BCUT2D eigenvalue weighted by Gasteiger charge is -2.17. The molecule has 2 N–H and O–H groups in total. The number of amides is 1. The van der Waals surface area contributed by atoms with Gasteiger partial charge in [0.15, 0.2) is 5.65 Å². The summed E-state index contributed by atoms with van der Waals surface area (Å²) in [5.74, 6) is 1.03. The zero-order chi connectivity index (χ0) is 23.9. The van der Waals surface area contributed by atoms with Crippen LogP contribution in [0.4, 0.5) is 0 Å². The van der Waals surface area contributed by atoms with Gasteiger partial charge in [-0.3, -0.25) is 24.0 Å². The van der Waals surface area contributed by atoms with Gasteiger partial charge in [0.05, 0.1) is 5.75 Å². The Morgan fingerprint density at radius 2 is 1.89 bits per heavy atom. The van der Waals surface area contributed by atoms with Crippen LogP contribution in [0.25, 0.3) is 11.0 Å². The number of aromatic amines is 1. The van der Waals surface area contributed by atoms with Crippen molar-refractivity contribution in [2.45, 2.75) is 61.7 Å². The molecule has 35 heavy (non-hydrogen) atoms. The number of nitrogens with one attached hydrogen (secondary N) is 2. The van der Waals surface area contributed by atoms with E-state index in [-0.39, 0.29) is 29.7 Å². The number of hydrogen-bond acceptors (Lipinski definition) is 7. The molecular weight excluding hydrogens is 464 g/mol. The summed E-state index contributed by atoms with van der Waals surface area (Å²) in [5.41, 5.74) is 0.778. The number of aromatic nitrogens is 4. The van der Waals surface area contributed by atoms with Gasteiger partial charge in [0.2, 0.25) is 5.91 Å². The molecule has 2 aliphatic carbocycles. The second kappa shape index (κ2) is 9.23. The first-order chi connectivity index (χ1) is 17.0. The molecule has 3 fully saturated rings. The Bertz CT molecular complexity index is 1380. The van der Waals surface area contributed by atoms with Gasteiger partial charge in [-0.15, -0.1) is 0 Å². The van der Waals surface area contributed by atoms with Crippen LogP contribution in [0.2, 0.25) is 0 Å². The average molecular weight is 493 g/mol. The molecule has 0 bridgehead atoms. The van der Waals surface area contributed by atoms with Crippen LogP contribution in [0.15, 0.2) is 44.9 Å². The number of likely N-dealkylation sites (tertiary alicyclic amines) is 1. The Morgan fingerprint density at radius 1 is 1.09 bits per heavy atom. The Labute approximate surface area is 206 Å². The largest absolute Gasteiger partial charge is 0.351 e. The molecule has 6 rings (SSSR count). The minimum Gasteiger partial charge on any atom is -0.351 e. The molecule has 0 unspecified atom stereocenters. The van der Waals surface area contributed by atoms with Crippen LogP contribution in [0.1, 0.15) is 55.5 Å². The van der Waals surface area contributed by atoms with E-state index in [1.807, 2.05) is 18.2 Å². The van der Waals surface area contributed by atoms with Crippen molar-refractivity contribution < 1.29 is 4.79 Å².